The maximum absolute atomic E-state index is 12.8. The van der Waals surface area contributed by atoms with E-state index in [0.717, 1.165) is 0 Å². The lowest BCUT2D eigenvalue weighted by molar-refractivity contribution is -0.253. The normalized spacial score (nSPS) is 13.1. The molecular weight excluding hydrogens is 274 g/mol. The van der Waals surface area contributed by atoms with Gasteiger partial charge >= 0.3 is 12.5 Å². The maximum Gasteiger partial charge on any atom is 0.461 e. The van der Waals surface area contributed by atoms with Crippen molar-refractivity contribution in [2.24, 2.45) is 5.73 Å². The van der Waals surface area contributed by atoms with Crippen LogP contribution in [0.25, 0.3) is 0 Å². The molecule has 0 spiro atoms. The van der Waals surface area contributed by atoms with Gasteiger partial charge in [-0.3, -0.25) is 0 Å². The largest absolute Gasteiger partial charge is 0.461 e. The summed E-state index contributed by atoms with van der Waals surface area (Å²) in [6.45, 7) is 1.76. The average molecular weight is 288 g/mol. The molecule has 1 aromatic carbocycles. The van der Waals surface area contributed by atoms with Gasteiger partial charge in [-0.2, -0.15) is 17.6 Å². The monoisotopic (exact) mass is 287 g/mol. The third kappa shape index (κ3) is 4.03. The molecule has 0 aliphatic heterocycles. The molecule has 1 atom stereocenters. The van der Waals surface area contributed by atoms with E-state index in [-0.39, 0.29) is 23.7 Å². The van der Waals surface area contributed by atoms with Crippen molar-refractivity contribution < 1.29 is 22.3 Å². The fourth-order valence-electron chi connectivity index (χ4n) is 1.29. The van der Waals surface area contributed by atoms with Crippen LogP contribution in [0.15, 0.2) is 24.3 Å². The van der Waals surface area contributed by atoms with Crippen molar-refractivity contribution in [3.8, 4) is 5.75 Å². The quantitative estimate of drug-likeness (QED) is 0.837. The summed E-state index contributed by atoms with van der Waals surface area (Å²) in [5, 5.41) is 0. The SMILES string of the molecule is CC[C@@H](N)c1ccccc1OC(F)(F)C(F)F.Cl. The van der Waals surface area contributed by atoms with E-state index in [1.54, 1.807) is 13.0 Å². The maximum atomic E-state index is 12.8. The van der Waals surface area contributed by atoms with Crippen LogP contribution in [0.3, 0.4) is 0 Å². The summed E-state index contributed by atoms with van der Waals surface area (Å²) < 4.78 is 53.6. The molecular formula is C11H14ClF4NO. The van der Waals surface area contributed by atoms with E-state index in [0.29, 0.717) is 6.42 Å². The summed E-state index contributed by atoms with van der Waals surface area (Å²) in [6, 6.07) is 5.15. The fourth-order valence-corrected chi connectivity index (χ4v) is 1.29. The van der Waals surface area contributed by atoms with E-state index in [1.165, 1.54) is 18.2 Å². The molecule has 1 aromatic rings. The highest BCUT2D eigenvalue weighted by Gasteiger charge is 2.44. The highest BCUT2D eigenvalue weighted by Crippen LogP contribution is 2.32. The zero-order valence-electron chi connectivity index (χ0n) is 9.58. The lowest BCUT2D eigenvalue weighted by atomic mass is 10.0. The van der Waals surface area contributed by atoms with Crippen LogP contribution in [0.2, 0.25) is 0 Å². The molecule has 0 unspecified atom stereocenters. The van der Waals surface area contributed by atoms with Crippen molar-refractivity contribution in [1.29, 1.82) is 0 Å². The van der Waals surface area contributed by atoms with Crippen LogP contribution in [0.4, 0.5) is 17.6 Å². The van der Waals surface area contributed by atoms with Crippen LogP contribution in [0.1, 0.15) is 24.9 Å². The smallest absolute Gasteiger partial charge is 0.428 e. The minimum atomic E-state index is -4.51. The third-order valence-electron chi connectivity index (χ3n) is 2.26. The molecule has 0 aliphatic carbocycles. The second-order valence-electron chi connectivity index (χ2n) is 3.52. The van der Waals surface area contributed by atoms with Gasteiger partial charge in [0.15, 0.2) is 0 Å². The highest BCUT2D eigenvalue weighted by atomic mass is 35.5. The Morgan fingerprint density at radius 2 is 1.83 bits per heavy atom. The van der Waals surface area contributed by atoms with Gasteiger partial charge in [0.25, 0.3) is 0 Å². The lowest BCUT2D eigenvalue weighted by Gasteiger charge is -2.20. The molecule has 0 saturated heterocycles. The topological polar surface area (TPSA) is 35.2 Å². The second kappa shape index (κ2) is 6.80. The Morgan fingerprint density at radius 1 is 1.28 bits per heavy atom. The molecule has 0 bridgehead atoms. The van der Waals surface area contributed by atoms with E-state index >= 15 is 0 Å². The Bertz CT molecular complexity index is 376. The molecule has 0 amide bonds. The van der Waals surface area contributed by atoms with Crippen molar-refractivity contribution in [3.05, 3.63) is 29.8 Å². The molecule has 1 rings (SSSR count). The fraction of sp³-hybridized carbons (Fsp3) is 0.455. The number of alkyl halides is 4. The molecule has 0 heterocycles. The summed E-state index contributed by atoms with van der Waals surface area (Å²) in [5.74, 6) is -0.313. The zero-order chi connectivity index (χ0) is 13.1. The number of para-hydroxylation sites is 1. The van der Waals surface area contributed by atoms with Crippen molar-refractivity contribution in [2.75, 3.05) is 0 Å². The van der Waals surface area contributed by atoms with Gasteiger partial charge in [-0.15, -0.1) is 12.4 Å². The molecule has 7 heteroatoms. The van der Waals surface area contributed by atoms with Crippen molar-refractivity contribution >= 4 is 12.4 Å². The molecule has 0 fully saturated rings. The Kier molecular flexibility index (Phi) is 6.42. The number of hydrogen-bond acceptors (Lipinski definition) is 2. The number of nitrogens with two attached hydrogens (primary N) is 1. The van der Waals surface area contributed by atoms with E-state index in [2.05, 4.69) is 4.74 Å². The van der Waals surface area contributed by atoms with E-state index in [9.17, 15) is 17.6 Å². The number of benzene rings is 1. The van der Waals surface area contributed by atoms with Gasteiger partial charge in [-0.1, -0.05) is 25.1 Å². The van der Waals surface area contributed by atoms with E-state index in [1.807, 2.05) is 0 Å². The number of ether oxygens (including phenoxy) is 1. The summed E-state index contributed by atoms with van der Waals surface area (Å²) >= 11 is 0. The lowest BCUT2D eigenvalue weighted by Crippen LogP contribution is -2.34. The first-order valence-electron chi connectivity index (χ1n) is 5.08. The zero-order valence-corrected chi connectivity index (χ0v) is 10.4. The number of rotatable bonds is 5. The van der Waals surface area contributed by atoms with Gasteiger partial charge in [0.1, 0.15) is 5.75 Å². The summed E-state index contributed by atoms with van der Waals surface area (Å²) in [7, 11) is 0. The number of hydrogen-bond donors (Lipinski definition) is 1. The summed E-state index contributed by atoms with van der Waals surface area (Å²) in [6.07, 6.45) is -7.90. The predicted molar refractivity (Wildman–Crippen MR) is 62.5 cm³/mol. The van der Waals surface area contributed by atoms with Gasteiger partial charge in [0.05, 0.1) is 0 Å². The molecule has 0 aliphatic rings. The molecule has 0 aromatic heterocycles. The Balaban J connectivity index is 0.00000289. The van der Waals surface area contributed by atoms with E-state index in [4.69, 9.17) is 5.73 Å². The third-order valence-corrected chi connectivity index (χ3v) is 2.26. The standard InChI is InChI=1S/C11H13F4NO.ClH/c1-2-8(16)7-5-3-4-6-9(7)17-11(14,15)10(12)13;/h3-6,8,10H,2,16H2,1H3;1H/t8-;/m1./s1. The van der Waals surface area contributed by atoms with Crippen LogP contribution in [-0.4, -0.2) is 12.5 Å². The van der Waals surface area contributed by atoms with Crippen LogP contribution < -0.4 is 10.5 Å². The molecule has 2 N–H and O–H groups in total. The van der Waals surface area contributed by atoms with Crippen LogP contribution in [0, 0.1) is 0 Å². The molecule has 0 radical (unpaired) electrons. The van der Waals surface area contributed by atoms with Gasteiger partial charge in [0, 0.05) is 11.6 Å². The molecule has 0 saturated carbocycles. The van der Waals surface area contributed by atoms with Crippen LogP contribution in [-0.2, 0) is 0 Å². The first-order chi connectivity index (χ1) is 7.88. The van der Waals surface area contributed by atoms with Crippen molar-refractivity contribution in [3.63, 3.8) is 0 Å². The first-order valence-corrected chi connectivity index (χ1v) is 5.08. The molecule has 18 heavy (non-hydrogen) atoms. The van der Waals surface area contributed by atoms with Crippen LogP contribution >= 0.6 is 12.4 Å². The van der Waals surface area contributed by atoms with Gasteiger partial charge < -0.3 is 10.5 Å². The van der Waals surface area contributed by atoms with Crippen molar-refractivity contribution in [2.45, 2.75) is 31.9 Å². The molecule has 2 nitrogen and oxygen atoms in total. The second-order valence-corrected chi connectivity index (χ2v) is 3.52. The minimum absolute atomic E-state index is 0. The summed E-state index contributed by atoms with van der Waals surface area (Å²) in [4.78, 5) is 0. The Labute approximate surface area is 109 Å². The van der Waals surface area contributed by atoms with E-state index < -0.39 is 18.6 Å². The minimum Gasteiger partial charge on any atom is -0.428 e. The summed E-state index contributed by atoms with van der Waals surface area (Å²) in [5.41, 5.74) is 5.96. The average Bonchev–Trinajstić information content (AvgIpc) is 2.28. The Hall–Kier alpha value is -1.01. The first kappa shape index (κ1) is 17.0. The van der Waals surface area contributed by atoms with Gasteiger partial charge in [-0.05, 0) is 12.5 Å². The van der Waals surface area contributed by atoms with Crippen molar-refractivity contribution in [1.82, 2.24) is 0 Å². The Morgan fingerprint density at radius 3 is 2.33 bits per heavy atom. The highest BCUT2D eigenvalue weighted by molar-refractivity contribution is 5.85. The van der Waals surface area contributed by atoms with Gasteiger partial charge in [-0.25, -0.2) is 0 Å². The van der Waals surface area contributed by atoms with Crippen LogP contribution in [0.5, 0.6) is 5.75 Å². The van der Waals surface area contributed by atoms with Gasteiger partial charge in [0.2, 0.25) is 0 Å². The predicted octanol–water partition coefficient (Wildman–Crippen LogP) is 3.75. The number of halogens is 5. The molecule has 104 valence electrons.